The quantitative estimate of drug-likeness (QED) is 0.628. The molecule has 0 aliphatic heterocycles. The molecule has 4 fully saturated rings. The normalized spacial score (nSPS) is 61.5. The molecule has 0 aromatic carbocycles. The van der Waals surface area contributed by atoms with Crippen molar-refractivity contribution in [2.45, 2.75) is 58.0 Å². The molecule has 0 spiro atoms. The first-order valence-corrected chi connectivity index (χ1v) is 6.27. The molecule has 1 heteroatoms. The molecule has 14 heavy (non-hydrogen) atoms. The third-order valence-corrected chi connectivity index (χ3v) is 5.87. The van der Waals surface area contributed by atoms with Gasteiger partial charge in [0.2, 0.25) is 0 Å². The van der Waals surface area contributed by atoms with Crippen molar-refractivity contribution in [2.75, 3.05) is 0 Å². The molecular formula is C13H22O. The van der Waals surface area contributed by atoms with Crippen molar-refractivity contribution < 1.29 is 5.11 Å². The Morgan fingerprint density at radius 2 is 2.00 bits per heavy atom. The van der Waals surface area contributed by atoms with E-state index in [1.807, 2.05) is 0 Å². The Hall–Kier alpha value is -0.0400. The molecule has 4 saturated carbocycles. The molecule has 80 valence electrons. The third kappa shape index (κ3) is 0.900. The Balaban J connectivity index is 2.04. The van der Waals surface area contributed by atoms with E-state index in [1.165, 1.54) is 25.7 Å². The summed E-state index contributed by atoms with van der Waals surface area (Å²) in [5, 5.41) is 10.8. The van der Waals surface area contributed by atoms with Crippen LogP contribution in [-0.4, -0.2) is 10.7 Å². The van der Waals surface area contributed by atoms with Gasteiger partial charge in [0.1, 0.15) is 0 Å². The predicted octanol–water partition coefficient (Wildman–Crippen LogP) is 2.97. The number of hydrogen-bond acceptors (Lipinski definition) is 1. The molecule has 5 atom stereocenters. The highest BCUT2D eigenvalue weighted by atomic mass is 16.3. The van der Waals surface area contributed by atoms with Crippen molar-refractivity contribution in [1.29, 1.82) is 0 Å². The topological polar surface area (TPSA) is 20.2 Å². The molecule has 0 radical (unpaired) electrons. The zero-order valence-corrected chi connectivity index (χ0v) is 9.42. The van der Waals surface area contributed by atoms with Gasteiger partial charge in [-0.15, -0.1) is 0 Å². The smallest absolute Gasteiger partial charge is 0.0706 e. The van der Waals surface area contributed by atoms with Crippen LogP contribution in [0.25, 0.3) is 0 Å². The summed E-state index contributed by atoms with van der Waals surface area (Å²) in [7, 11) is 0. The molecule has 4 aliphatic carbocycles. The second-order valence-corrected chi connectivity index (χ2v) is 6.42. The summed E-state index contributed by atoms with van der Waals surface area (Å²) in [6, 6.07) is 0. The van der Waals surface area contributed by atoms with Crippen LogP contribution in [0.4, 0.5) is 0 Å². The lowest BCUT2D eigenvalue weighted by Gasteiger charge is -2.64. The van der Waals surface area contributed by atoms with Gasteiger partial charge in [-0.05, 0) is 61.7 Å². The fourth-order valence-corrected chi connectivity index (χ4v) is 4.82. The molecule has 0 aromatic heterocycles. The van der Waals surface area contributed by atoms with Crippen molar-refractivity contribution in [1.82, 2.24) is 0 Å². The van der Waals surface area contributed by atoms with E-state index in [0.717, 1.165) is 30.6 Å². The maximum Gasteiger partial charge on any atom is 0.0706 e. The van der Waals surface area contributed by atoms with Crippen molar-refractivity contribution in [3.05, 3.63) is 0 Å². The summed E-state index contributed by atoms with van der Waals surface area (Å²) in [5.41, 5.74) is -0.0231. The number of hydrogen-bond donors (Lipinski definition) is 1. The minimum absolute atomic E-state index is 0.263. The Bertz CT molecular complexity index is 262. The van der Waals surface area contributed by atoms with Crippen molar-refractivity contribution in [3.63, 3.8) is 0 Å². The van der Waals surface area contributed by atoms with Gasteiger partial charge in [-0.2, -0.15) is 0 Å². The second kappa shape index (κ2) is 2.55. The van der Waals surface area contributed by atoms with Gasteiger partial charge in [0.05, 0.1) is 5.60 Å². The minimum atomic E-state index is -0.286. The zero-order valence-electron chi connectivity index (χ0n) is 9.42. The molecule has 1 nitrogen and oxygen atoms in total. The van der Waals surface area contributed by atoms with Crippen LogP contribution in [0.3, 0.4) is 0 Å². The van der Waals surface area contributed by atoms with E-state index in [1.54, 1.807) is 0 Å². The monoisotopic (exact) mass is 194 g/mol. The lowest BCUT2D eigenvalue weighted by molar-refractivity contribution is -0.223. The van der Waals surface area contributed by atoms with Gasteiger partial charge < -0.3 is 5.11 Å². The van der Waals surface area contributed by atoms with E-state index >= 15 is 0 Å². The Labute approximate surface area is 86.9 Å². The molecule has 0 amide bonds. The highest BCUT2D eigenvalue weighted by Gasteiger charge is 2.61. The second-order valence-electron chi connectivity index (χ2n) is 6.42. The van der Waals surface area contributed by atoms with E-state index < -0.39 is 0 Å². The Morgan fingerprint density at radius 3 is 2.71 bits per heavy atom. The average Bonchev–Trinajstić information content (AvgIpc) is 2.14. The molecule has 1 N–H and O–H groups in total. The molecule has 0 aromatic rings. The van der Waals surface area contributed by atoms with Gasteiger partial charge in [-0.3, -0.25) is 0 Å². The zero-order chi connectivity index (χ0) is 9.97. The summed E-state index contributed by atoms with van der Waals surface area (Å²) in [6.07, 6.45) is 7.49. The molecule has 4 rings (SSSR count). The molecule has 0 heterocycles. The summed E-state index contributed by atoms with van der Waals surface area (Å²) in [5.74, 6) is 2.51. The lowest BCUT2D eigenvalue weighted by atomic mass is 9.43. The van der Waals surface area contributed by atoms with Crippen LogP contribution in [0.2, 0.25) is 0 Å². The first kappa shape index (κ1) is 9.21. The van der Waals surface area contributed by atoms with Crippen LogP contribution >= 0.6 is 0 Å². The molecule has 0 saturated heterocycles. The largest absolute Gasteiger partial charge is 0.389 e. The minimum Gasteiger partial charge on any atom is -0.389 e. The Morgan fingerprint density at radius 1 is 1.21 bits per heavy atom. The van der Waals surface area contributed by atoms with Crippen LogP contribution in [0, 0.1) is 23.2 Å². The molecule has 4 bridgehead atoms. The van der Waals surface area contributed by atoms with Crippen molar-refractivity contribution >= 4 is 0 Å². The first-order valence-electron chi connectivity index (χ1n) is 6.27. The standard InChI is InChI=1S/C13H22O/c1-9-3-6-13(14)8-10-4-5-12(13,2)11(9)7-10/h9-11,14H,3-8H2,1-2H3/t9-,10+,11+,12-,13+/m0/s1. The molecule has 0 unspecified atom stereocenters. The van der Waals surface area contributed by atoms with E-state index in [4.69, 9.17) is 0 Å². The fourth-order valence-electron chi connectivity index (χ4n) is 4.82. The third-order valence-electron chi connectivity index (χ3n) is 5.87. The number of aliphatic hydroxyl groups is 1. The highest BCUT2D eigenvalue weighted by molar-refractivity contribution is 5.12. The van der Waals surface area contributed by atoms with Gasteiger partial charge in [-0.25, -0.2) is 0 Å². The van der Waals surface area contributed by atoms with Crippen molar-refractivity contribution in [3.8, 4) is 0 Å². The summed E-state index contributed by atoms with van der Waals surface area (Å²) < 4.78 is 0. The lowest BCUT2D eigenvalue weighted by Crippen LogP contribution is -2.63. The van der Waals surface area contributed by atoms with Gasteiger partial charge in [-0.1, -0.05) is 13.8 Å². The highest BCUT2D eigenvalue weighted by Crippen LogP contribution is 2.65. The van der Waals surface area contributed by atoms with Crippen LogP contribution < -0.4 is 0 Å². The van der Waals surface area contributed by atoms with Gasteiger partial charge in [0.25, 0.3) is 0 Å². The Kier molecular flexibility index (Phi) is 1.68. The summed E-state index contributed by atoms with van der Waals surface area (Å²) in [6.45, 7) is 4.76. The van der Waals surface area contributed by atoms with Crippen LogP contribution in [0.1, 0.15) is 52.4 Å². The first-order chi connectivity index (χ1) is 6.55. The maximum absolute atomic E-state index is 10.8. The van der Waals surface area contributed by atoms with Gasteiger partial charge in [0.15, 0.2) is 0 Å². The predicted molar refractivity (Wildman–Crippen MR) is 56.9 cm³/mol. The van der Waals surface area contributed by atoms with Crippen LogP contribution in [-0.2, 0) is 0 Å². The fraction of sp³-hybridized carbons (Fsp3) is 1.00. The van der Waals surface area contributed by atoms with E-state index in [2.05, 4.69) is 13.8 Å². The van der Waals surface area contributed by atoms with E-state index in [9.17, 15) is 5.11 Å². The SMILES string of the molecule is C[C@H]1CC[C@@]2(O)C[C@@H]3CC[C@@]2(C)[C@@H]1C3. The number of fused-ring (bicyclic) bond motifs is 1. The van der Waals surface area contributed by atoms with Gasteiger partial charge in [0, 0.05) is 0 Å². The summed E-state index contributed by atoms with van der Waals surface area (Å²) in [4.78, 5) is 0. The summed E-state index contributed by atoms with van der Waals surface area (Å²) >= 11 is 0. The van der Waals surface area contributed by atoms with E-state index in [-0.39, 0.29) is 11.0 Å². The molecular weight excluding hydrogens is 172 g/mol. The molecule has 4 aliphatic rings. The van der Waals surface area contributed by atoms with Gasteiger partial charge >= 0.3 is 0 Å². The maximum atomic E-state index is 10.8. The van der Waals surface area contributed by atoms with Crippen LogP contribution in [0.5, 0.6) is 0 Å². The average molecular weight is 194 g/mol. The van der Waals surface area contributed by atoms with Crippen molar-refractivity contribution in [2.24, 2.45) is 23.2 Å². The van der Waals surface area contributed by atoms with Crippen LogP contribution in [0.15, 0.2) is 0 Å². The number of rotatable bonds is 0. The van der Waals surface area contributed by atoms with E-state index in [0.29, 0.717) is 0 Å².